The Labute approximate surface area is 188 Å². The van der Waals surface area contributed by atoms with E-state index in [2.05, 4.69) is 15.0 Å². The summed E-state index contributed by atoms with van der Waals surface area (Å²) in [7, 11) is 1.49. The Hall–Kier alpha value is -3.75. The van der Waals surface area contributed by atoms with Gasteiger partial charge < -0.3 is 9.64 Å². The van der Waals surface area contributed by atoms with E-state index in [1.54, 1.807) is 30.5 Å². The van der Waals surface area contributed by atoms with E-state index in [4.69, 9.17) is 4.74 Å². The van der Waals surface area contributed by atoms with Crippen LogP contribution in [0.5, 0.6) is 5.88 Å². The van der Waals surface area contributed by atoms with Crippen molar-refractivity contribution in [2.24, 2.45) is 4.99 Å². The van der Waals surface area contributed by atoms with Crippen LogP contribution in [0.15, 0.2) is 77.0 Å². The van der Waals surface area contributed by atoms with Crippen LogP contribution in [-0.2, 0) is 0 Å². The normalized spacial score (nSPS) is 14.8. The van der Waals surface area contributed by atoms with Crippen molar-refractivity contribution >= 4 is 11.6 Å². The summed E-state index contributed by atoms with van der Waals surface area (Å²) in [5, 5.41) is 0. The molecule has 0 saturated carbocycles. The summed E-state index contributed by atoms with van der Waals surface area (Å²) in [6, 6.07) is 6.71. The molecule has 0 fully saturated rings. The minimum Gasteiger partial charge on any atom is -0.481 e. The summed E-state index contributed by atoms with van der Waals surface area (Å²) in [6.45, 7) is -0.735. The summed E-state index contributed by atoms with van der Waals surface area (Å²) in [4.78, 5) is 27.0. The summed E-state index contributed by atoms with van der Waals surface area (Å²) < 4.78 is 45.4. The summed E-state index contributed by atoms with van der Waals surface area (Å²) in [5.41, 5.74) is 3.23. The lowest BCUT2D eigenvalue weighted by Crippen LogP contribution is -2.37. The molecule has 0 N–H and O–H groups in total. The smallest absolute Gasteiger partial charge is 0.273 e. The van der Waals surface area contributed by atoms with Gasteiger partial charge in [-0.1, -0.05) is 6.07 Å². The molecule has 170 valence electrons. The van der Waals surface area contributed by atoms with Crippen molar-refractivity contribution in [3.63, 3.8) is 0 Å². The second-order valence-electron chi connectivity index (χ2n) is 7.46. The van der Waals surface area contributed by atoms with Crippen LogP contribution in [0.25, 0.3) is 11.1 Å². The number of aromatic nitrogens is 2. The Morgan fingerprint density at radius 3 is 2.82 bits per heavy atom. The standard InChI is InChI=1S/C24H21F3N4O2/c1-33-22-7-4-15(13-30-22)18-3-2-9-28-23(18)24(32)31(14-21(26)27)10-8-16-12-29-20-6-5-17(25)11-19(16)20/h2-5,7,9,11-13,21H,6,8,10,14H2,1H3. The van der Waals surface area contributed by atoms with Crippen LogP contribution in [0.2, 0.25) is 0 Å². The van der Waals surface area contributed by atoms with Gasteiger partial charge in [-0.2, -0.15) is 0 Å². The van der Waals surface area contributed by atoms with Gasteiger partial charge in [0.2, 0.25) is 5.88 Å². The van der Waals surface area contributed by atoms with Crippen molar-refractivity contribution in [3.05, 3.63) is 77.7 Å². The van der Waals surface area contributed by atoms with Crippen molar-refractivity contribution in [2.45, 2.75) is 19.3 Å². The van der Waals surface area contributed by atoms with Gasteiger partial charge in [-0.3, -0.25) is 14.8 Å². The van der Waals surface area contributed by atoms with E-state index in [0.29, 0.717) is 34.6 Å². The third kappa shape index (κ3) is 5.02. The third-order valence-electron chi connectivity index (χ3n) is 5.37. The Kier molecular flexibility index (Phi) is 6.67. The Balaban J connectivity index is 1.56. The molecule has 1 aliphatic heterocycles. The van der Waals surface area contributed by atoms with Crippen molar-refractivity contribution < 1.29 is 22.7 Å². The molecular weight excluding hydrogens is 433 g/mol. The highest BCUT2D eigenvalue weighted by atomic mass is 19.3. The number of allylic oxidation sites excluding steroid dienone is 4. The summed E-state index contributed by atoms with van der Waals surface area (Å²) in [5.74, 6) is -0.571. The van der Waals surface area contributed by atoms with E-state index in [1.165, 1.54) is 31.7 Å². The molecule has 0 aromatic carbocycles. The van der Waals surface area contributed by atoms with Gasteiger partial charge >= 0.3 is 0 Å². The molecule has 2 aromatic rings. The summed E-state index contributed by atoms with van der Waals surface area (Å²) >= 11 is 0. The van der Waals surface area contributed by atoms with Gasteiger partial charge in [-0.15, -0.1) is 0 Å². The van der Waals surface area contributed by atoms with Crippen molar-refractivity contribution in [2.75, 3.05) is 20.2 Å². The number of nitrogens with zero attached hydrogens (tertiary/aromatic N) is 4. The van der Waals surface area contributed by atoms with Crippen molar-refractivity contribution in [3.8, 4) is 17.0 Å². The molecule has 9 heteroatoms. The molecule has 6 nitrogen and oxygen atoms in total. The number of halogens is 3. The highest BCUT2D eigenvalue weighted by Crippen LogP contribution is 2.30. The first-order chi connectivity index (χ1) is 16.0. The number of alkyl halides is 2. The number of hydrogen-bond donors (Lipinski definition) is 0. The molecule has 0 saturated heterocycles. The second-order valence-corrected chi connectivity index (χ2v) is 7.46. The molecule has 33 heavy (non-hydrogen) atoms. The maximum absolute atomic E-state index is 13.7. The maximum Gasteiger partial charge on any atom is 0.273 e. The highest BCUT2D eigenvalue weighted by Gasteiger charge is 2.26. The van der Waals surface area contributed by atoms with Gasteiger partial charge in [0.05, 0.1) is 19.4 Å². The lowest BCUT2D eigenvalue weighted by molar-refractivity contribution is 0.0554. The number of aliphatic imine (C=N–C) groups is 1. The Morgan fingerprint density at radius 1 is 1.24 bits per heavy atom. The molecule has 0 radical (unpaired) electrons. The first kappa shape index (κ1) is 22.4. The molecule has 2 aromatic heterocycles. The molecule has 2 aliphatic rings. The highest BCUT2D eigenvalue weighted by molar-refractivity contribution is 6.08. The largest absolute Gasteiger partial charge is 0.481 e. The molecule has 1 aliphatic carbocycles. The van der Waals surface area contributed by atoms with Crippen LogP contribution in [0.3, 0.4) is 0 Å². The minimum atomic E-state index is -2.72. The number of methoxy groups -OCH3 is 1. The van der Waals surface area contributed by atoms with Gasteiger partial charge in [0.25, 0.3) is 12.3 Å². The average Bonchev–Trinajstić information content (AvgIpc) is 3.23. The summed E-state index contributed by atoms with van der Waals surface area (Å²) in [6.07, 6.45) is 5.31. The SMILES string of the molecule is COc1ccc(-c2cccnc2C(=O)N(CCC2=CN=C3CC=C(F)C=C23)CC(F)F)cn1. The lowest BCUT2D eigenvalue weighted by Gasteiger charge is -2.24. The van der Waals surface area contributed by atoms with Crippen molar-refractivity contribution in [1.82, 2.24) is 14.9 Å². The van der Waals surface area contributed by atoms with Gasteiger partial charge in [0.15, 0.2) is 0 Å². The number of hydrogen-bond acceptors (Lipinski definition) is 5. The van der Waals surface area contributed by atoms with Crippen LogP contribution < -0.4 is 4.74 Å². The molecule has 4 rings (SSSR count). The topological polar surface area (TPSA) is 67.7 Å². The Morgan fingerprint density at radius 2 is 2.09 bits per heavy atom. The maximum atomic E-state index is 13.7. The van der Waals surface area contributed by atoms with E-state index in [9.17, 15) is 18.0 Å². The van der Waals surface area contributed by atoms with Crippen LogP contribution in [0.4, 0.5) is 13.2 Å². The predicted octanol–water partition coefficient (Wildman–Crippen LogP) is 4.77. The lowest BCUT2D eigenvalue weighted by atomic mass is 9.95. The van der Waals surface area contributed by atoms with Crippen LogP contribution >= 0.6 is 0 Å². The first-order valence-electron chi connectivity index (χ1n) is 10.3. The van der Waals surface area contributed by atoms with E-state index < -0.39 is 18.9 Å². The monoisotopic (exact) mass is 454 g/mol. The molecule has 0 unspecified atom stereocenters. The molecule has 0 spiro atoms. The van der Waals surface area contributed by atoms with Crippen LogP contribution in [0.1, 0.15) is 23.3 Å². The predicted molar refractivity (Wildman–Crippen MR) is 118 cm³/mol. The number of amides is 1. The van der Waals surface area contributed by atoms with E-state index in [0.717, 1.165) is 10.6 Å². The molecule has 3 heterocycles. The van der Waals surface area contributed by atoms with Crippen LogP contribution in [0, 0.1) is 0 Å². The first-order valence-corrected chi connectivity index (χ1v) is 10.3. The Bertz CT molecular complexity index is 1170. The third-order valence-corrected chi connectivity index (χ3v) is 5.37. The fourth-order valence-electron chi connectivity index (χ4n) is 3.73. The number of fused-ring (bicyclic) bond motifs is 1. The number of carbonyl (C=O) groups excluding carboxylic acids is 1. The van der Waals surface area contributed by atoms with Gasteiger partial charge in [0, 0.05) is 54.3 Å². The number of carbonyl (C=O) groups is 1. The van der Waals surface area contributed by atoms with Crippen molar-refractivity contribution in [1.29, 1.82) is 0 Å². The molecule has 1 amide bonds. The quantitative estimate of drug-likeness (QED) is 0.576. The van der Waals surface area contributed by atoms with Gasteiger partial charge in [0.1, 0.15) is 11.5 Å². The molecule has 0 atom stereocenters. The second kappa shape index (κ2) is 9.81. The fourth-order valence-corrected chi connectivity index (χ4v) is 3.73. The average molecular weight is 454 g/mol. The number of ether oxygens (including phenoxy) is 1. The van der Waals surface area contributed by atoms with E-state index >= 15 is 0 Å². The van der Waals surface area contributed by atoms with Gasteiger partial charge in [-0.05, 0) is 36.3 Å². The molecular formula is C24H21F3N4O2. The zero-order valence-corrected chi connectivity index (χ0v) is 17.8. The number of rotatable bonds is 8. The number of pyridine rings is 2. The fraction of sp³-hybridized carbons (Fsp3) is 0.250. The van der Waals surface area contributed by atoms with E-state index in [1.807, 2.05) is 0 Å². The van der Waals surface area contributed by atoms with E-state index in [-0.39, 0.29) is 24.5 Å². The zero-order valence-electron chi connectivity index (χ0n) is 17.8. The zero-order chi connectivity index (χ0) is 23.4. The minimum absolute atomic E-state index is 0.0113. The van der Waals surface area contributed by atoms with Gasteiger partial charge in [-0.25, -0.2) is 18.2 Å². The van der Waals surface area contributed by atoms with Crippen LogP contribution in [-0.4, -0.2) is 53.1 Å². The molecule has 0 bridgehead atoms.